The highest BCUT2D eigenvalue weighted by Gasteiger charge is 2.33. The molecule has 1 fully saturated rings. The first-order valence-electron chi connectivity index (χ1n) is 11.6. The minimum Gasteiger partial charge on any atom is -0.378 e. The molecule has 0 unspecified atom stereocenters. The molecule has 1 aliphatic carbocycles. The van der Waals surface area contributed by atoms with Gasteiger partial charge in [-0.15, -0.1) is 6.58 Å². The van der Waals surface area contributed by atoms with Crippen LogP contribution in [-0.2, 0) is 14.8 Å². The topological polar surface area (TPSA) is 75.9 Å². The second-order valence-electron chi connectivity index (χ2n) is 8.22. The van der Waals surface area contributed by atoms with Gasteiger partial charge in [0.15, 0.2) is 0 Å². The van der Waals surface area contributed by atoms with Gasteiger partial charge in [0.05, 0.1) is 6.10 Å². The van der Waals surface area contributed by atoms with Crippen molar-refractivity contribution in [3.8, 4) is 0 Å². The van der Waals surface area contributed by atoms with E-state index in [1.807, 2.05) is 6.08 Å². The van der Waals surface area contributed by atoms with Crippen LogP contribution < -0.4 is 5.73 Å². The van der Waals surface area contributed by atoms with E-state index in [0.29, 0.717) is 0 Å². The highest BCUT2D eigenvalue weighted by Crippen LogP contribution is 2.29. The van der Waals surface area contributed by atoms with E-state index >= 15 is 0 Å². The van der Waals surface area contributed by atoms with Gasteiger partial charge in [-0.2, -0.15) is 4.31 Å². The van der Waals surface area contributed by atoms with Gasteiger partial charge in [0.1, 0.15) is 10.7 Å². The van der Waals surface area contributed by atoms with Gasteiger partial charge in [-0.25, -0.2) is 12.8 Å². The molecule has 1 saturated carbocycles. The van der Waals surface area contributed by atoms with Gasteiger partial charge in [-0.05, 0) is 71.3 Å². The first-order valence-corrected chi connectivity index (χ1v) is 13.0. The van der Waals surface area contributed by atoms with Crippen molar-refractivity contribution in [1.82, 2.24) is 9.21 Å². The number of rotatable bonds is 13. The predicted molar refractivity (Wildman–Crippen MR) is 130 cm³/mol. The number of ether oxygens (including phenoxy) is 1. The lowest BCUT2D eigenvalue weighted by Gasteiger charge is -2.34. The second-order valence-corrected chi connectivity index (χ2v) is 10.2. The lowest BCUT2D eigenvalue weighted by atomic mass is 9.93. The SMILES string of the molecule is C=CCN(C)CCCCCCO[C@H]1CC[C@H](N(C)S(=O)(=O)c2ccccc2F)CC1.CN. The lowest BCUT2D eigenvalue weighted by Crippen LogP contribution is -2.41. The molecule has 0 spiro atoms. The van der Waals surface area contributed by atoms with Gasteiger partial charge in [-0.3, -0.25) is 0 Å². The third kappa shape index (κ3) is 9.27. The highest BCUT2D eigenvalue weighted by atomic mass is 32.2. The Kier molecular flexibility index (Phi) is 13.9. The smallest absolute Gasteiger partial charge is 0.245 e. The van der Waals surface area contributed by atoms with E-state index in [1.54, 1.807) is 13.1 Å². The van der Waals surface area contributed by atoms with Crippen LogP contribution in [0.5, 0.6) is 0 Å². The van der Waals surface area contributed by atoms with E-state index in [1.165, 1.54) is 48.8 Å². The molecule has 0 atom stereocenters. The van der Waals surface area contributed by atoms with E-state index in [2.05, 4.69) is 24.3 Å². The number of sulfonamides is 1. The van der Waals surface area contributed by atoms with Crippen molar-refractivity contribution in [3.05, 3.63) is 42.7 Å². The fraction of sp³-hybridized carbons (Fsp3) is 0.667. The van der Waals surface area contributed by atoms with Crippen LogP contribution in [0, 0.1) is 5.82 Å². The molecule has 0 radical (unpaired) electrons. The van der Waals surface area contributed by atoms with Crippen molar-refractivity contribution in [1.29, 1.82) is 0 Å². The quantitative estimate of drug-likeness (QED) is 0.347. The average molecular weight is 472 g/mol. The maximum Gasteiger partial charge on any atom is 0.245 e. The Hall–Kier alpha value is -1.32. The Bertz CT molecular complexity index is 753. The molecule has 2 N–H and O–H groups in total. The molecule has 8 heteroatoms. The molecule has 1 aromatic carbocycles. The van der Waals surface area contributed by atoms with Crippen molar-refractivity contribution in [2.24, 2.45) is 5.73 Å². The number of hydrogen-bond acceptors (Lipinski definition) is 5. The van der Waals surface area contributed by atoms with Crippen LogP contribution in [0.25, 0.3) is 0 Å². The number of unbranched alkanes of at least 4 members (excludes halogenated alkanes) is 3. The molecule has 0 heterocycles. The third-order valence-corrected chi connectivity index (χ3v) is 7.82. The Morgan fingerprint density at radius 2 is 1.72 bits per heavy atom. The summed E-state index contributed by atoms with van der Waals surface area (Å²) < 4.78 is 46.8. The van der Waals surface area contributed by atoms with Crippen molar-refractivity contribution >= 4 is 10.0 Å². The largest absolute Gasteiger partial charge is 0.378 e. The summed E-state index contributed by atoms with van der Waals surface area (Å²) in [5, 5.41) is 0. The maximum absolute atomic E-state index is 14.0. The van der Waals surface area contributed by atoms with Crippen LogP contribution in [0.4, 0.5) is 4.39 Å². The summed E-state index contributed by atoms with van der Waals surface area (Å²) in [7, 11) is 1.35. The summed E-state index contributed by atoms with van der Waals surface area (Å²) in [6.07, 6.45) is 9.92. The Labute approximate surface area is 194 Å². The van der Waals surface area contributed by atoms with E-state index in [0.717, 1.165) is 51.8 Å². The van der Waals surface area contributed by atoms with Gasteiger partial charge in [0.25, 0.3) is 0 Å². The van der Waals surface area contributed by atoms with Gasteiger partial charge >= 0.3 is 0 Å². The fourth-order valence-corrected chi connectivity index (χ4v) is 5.46. The van der Waals surface area contributed by atoms with Gasteiger partial charge < -0.3 is 15.4 Å². The normalized spacial score (nSPS) is 19.0. The van der Waals surface area contributed by atoms with E-state index in [-0.39, 0.29) is 17.0 Å². The zero-order chi connectivity index (χ0) is 24.0. The highest BCUT2D eigenvalue weighted by molar-refractivity contribution is 7.89. The van der Waals surface area contributed by atoms with Crippen molar-refractivity contribution in [3.63, 3.8) is 0 Å². The Morgan fingerprint density at radius 1 is 1.09 bits per heavy atom. The van der Waals surface area contributed by atoms with E-state index in [4.69, 9.17) is 4.74 Å². The molecule has 1 aromatic rings. The van der Waals surface area contributed by atoms with Crippen molar-refractivity contribution in [2.45, 2.75) is 68.4 Å². The molecule has 0 aromatic heterocycles. The predicted octanol–water partition coefficient (Wildman–Crippen LogP) is 4.03. The van der Waals surface area contributed by atoms with E-state index < -0.39 is 15.8 Å². The summed E-state index contributed by atoms with van der Waals surface area (Å²) in [5.74, 6) is -0.700. The van der Waals surface area contributed by atoms with Gasteiger partial charge in [0, 0.05) is 26.2 Å². The third-order valence-electron chi connectivity index (χ3n) is 5.88. The van der Waals surface area contributed by atoms with Crippen molar-refractivity contribution < 1.29 is 17.5 Å². The summed E-state index contributed by atoms with van der Waals surface area (Å²) in [5.41, 5.74) is 4.50. The number of nitrogens with two attached hydrogens (primary N) is 1. The molecule has 2 rings (SSSR count). The number of likely N-dealkylation sites (N-methyl/N-ethyl adjacent to an activating group) is 1. The molecule has 32 heavy (non-hydrogen) atoms. The van der Waals surface area contributed by atoms with Crippen LogP contribution in [0.1, 0.15) is 51.4 Å². The summed E-state index contributed by atoms with van der Waals surface area (Å²) in [6, 6.07) is 5.45. The molecule has 1 aliphatic rings. The molecule has 184 valence electrons. The molecular weight excluding hydrogens is 429 g/mol. The number of nitrogens with zero attached hydrogens (tertiary/aromatic N) is 2. The minimum atomic E-state index is -3.82. The minimum absolute atomic E-state index is 0.109. The zero-order valence-corrected chi connectivity index (χ0v) is 20.8. The van der Waals surface area contributed by atoms with E-state index in [9.17, 15) is 12.8 Å². The van der Waals surface area contributed by atoms with Crippen LogP contribution in [0.3, 0.4) is 0 Å². The lowest BCUT2D eigenvalue weighted by molar-refractivity contribution is 0.0156. The van der Waals surface area contributed by atoms with Gasteiger partial charge in [0.2, 0.25) is 10.0 Å². The molecule has 0 saturated heterocycles. The molecule has 0 aliphatic heterocycles. The first-order chi connectivity index (χ1) is 15.4. The van der Waals surface area contributed by atoms with Crippen LogP contribution >= 0.6 is 0 Å². The Balaban J connectivity index is 0.00000249. The molecule has 6 nitrogen and oxygen atoms in total. The average Bonchev–Trinajstić information content (AvgIpc) is 2.80. The molecule has 0 amide bonds. The number of benzene rings is 1. The summed E-state index contributed by atoms with van der Waals surface area (Å²) in [4.78, 5) is 2.02. The van der Waals surface area contributed by atoms with Crippen LogP contribution in [-0.4, -0.2) is 70.6 Å². The number of halogens is 1. The van der Waals surface area contributed by atoms with Gasteiger partial charge in [-0.1, -0.05) is 31.1 Å². The van der Waals surface area contributed by atoms with Crippen LogP contribution in [0.15, 0.2) is 41.8 Å². The maximum atomic E-state index is 14.0. The first kappa shape index (κ1) is 28.7. The monoisotopic (exact) mass is 471 g/mol. The summed E-state index contributed by atoms with van der Waals surface area (Å²) in [6.45, 7) is 6.55. The number of hydrogen-bond donors (Lipinski definition) is 1. The summed E-state index contributed by atoms with van der Waals surface area (Å²) >= 11 is 0. The zero-order valence-electron chi connectivity index (χ0n) is 20.0. The van der Waals surface area contributed by atoms with Crippen molar-refractivity contribution in [2.75, 3.05) is 40.8 Å². The van der Waals surface area contributed by atoms with Crippen LogP contribution in [0.2, 0.25) is 0 Å². The Morgan fingerprint density at radius 3 is 2.34 bits per heavy atom. The second kappa shape index (κ2) is 15.5. The fourth-order valence-electron chi connectivity index (χ4n) is 3.98. The molecule has 0 bridgehead atoms. The molecular formula is C24H42FN3O3S. The standard InChI is InChI=1S/C23H37FN2O3S.CH5N/c1-4-17-25(2)18-9-5-6-10-19-29-21-15-13-20(14-16-21)26(3)30(27,28)23-12-8-7-11-22(23)24;1-2/h4,7-8,11-12,20-21H,1,5-6,9-10,13-19H2,2-3H3;2H2,1H3/t20-,21-;.